The van der Waals surface area contributed by atoms with E-state index < -0.39 is 0 Å². The average molecular weight is 289 g/mol. The monoisotopic (exact) mass is 289 g/mol. The molecule has 0 spiro atoms. The largest absolute Gasteiger partial charge is 0.496 e. The van der Waals surface area contributed by atoms with Crippen LogP contribution in [0.1, 0.15) is 17.2 Å². The molecule has 2 aromatic rings. The van der Waals surface area contributed by atoms with E-state index in [1.165, 1.54) is 7.11 Å². The Morgan fingerprint density at radius 2 is 1.67 bits per heavy atom. The molecule has 112 valence electrons. The first-order valence-corrected chi connectivity index (χ1v) is 6.82. The quantitative estimate of drug-likeness (QED) is 0.884. The van der Waals surface area contributed by atoms with Crippen LogP contribution in [0.3, 0.4) is 0 Å². The second kappa shape index (κ2) is 7.09. The topological polar surface area (TPSA) is 30.5 Å². The second-order valence-corrected chi connectivity index (χ2v) is 4.72. The molecule has 21 heavy (non-hydrogen) atoms. The maximum absolute atomic E-state index is 14.3. The van der Waals surface area contributed by atoms with Gasteiger partial charge >= 0.3 is 0 Å². The highest BCUT2D eigenvalue weighted by atomic mass is 19.1. The summed E-state index contributed by atoms with van der Waals surface area (Å²) in [6, 6.07) is 12.9. The number of para-hydroxylation sites is 1. The number of hydrogen-bond donors (Lipinski definition) is 1. The van der Waals surface area contributed by atoms with Crippen molar-refractivity contribution in [2.24, 2.45) is 0 Å². The predicted molar refractivity (Wildman–Crippen MR) is 81.5 cm³/mol. The van der Waals surface area contributed by atoms with Gasteiger partial charge in [0.1, 0.15) is 5.75 Å². The van der Waals surface area contributed by atoms with E-state index in [0.29, 0.717) is 12.0 Å². The fraction of sp³-hybridized carbons (Fsp3) is 0.294. The highest BCUT2D eigenvalue weighted by Gasteiger charge is 2.17. The molecule has 0 fully saturated rings. The van der Waals surface area contributed by atoms with Gasteiger partial charge in [-0.1, -0.05) is 30.3 Å². The van der Waals surface area contributed by atoms with Crippen LogP contribution in [0.5, 0.6) is 11.5 Å². The van der Waals surface area contributed by atoms with Gasteiger partial charge in [-0.15, -0.1) is 0 Å². The molecule has 1 N–H and O–H groups in total. The fourth-order valence-corrected chi connectivity index (χ4v) is 2.41. The molecule has 1 unspecified atom stereocenters. The number of hydrogen-bond acceptors (Lipinski definition) is 3. The van der Waals surface area contributed by atoms with E-state index in [1.807, 2.05) is 31.3 Å². The van der Waals surface area contributed by atoms with E-state index >= 15 is 0 Å². The number of benzene rings is 2. The molecular weight excluding hydrogens is 269 g/mol. The molecule has 0 bridgehead atoms. The summed E-state index contributed by atoms with van der Waals surface area (Å²) < 4.78 is 24.7. The molecule has 2 aromatic carbocycles. The van der Waals surface area contributed by atoms with Crippen LogP contribution in [-0.4, -0.2) is 21.3 Å². The summed E-state index contributed by atoms with van der Waals surface area (Å²) in [5.41, 5.74) is 1.62. The van der Waals surface area contributed by atoms with Crippen molar-refractivity contribution in [2.45, 2.75) is 12.5 Å². The van der Waals surface area contributed by atoms with Crippen molar-refractivity contribution in [1.29, 1.82) is 0 Å². The van der Waals surface area contributed by atoms with E-state index in [-0.39, 0.29) is 17.6 Å². The van der Waals surface area contributed by atoms with Gasteiger partial charge in [0.15, 0.2) is 11.6 Å². The molecule has 3 nitrogen and oxygen atoms in total. The summed E-state index contributed by atoms with van der Waals surface area (Å²) in [5, 5.41) is 3.22. The summed E-state index contributed by atoms with van der Waals surface area (Å²) in [4.78, 5) is 0. The Hall–Kier alpha value is -2.07. The lowest BCUT2D eigenvalue weighted by Crippen LogP contribution is -2.20. The average Bonchev–Trinajstić information content (AvgIpc) is 2.54. The number of methoxy groups -OCH3 is 2. The molecule has 0 aliphatic rings. The summed E-state index contributed by atoms with van der Waals surface area (Å²) in [6.45, 7) is 0. The Kier molecular flexibility index (Phi) is 5.17. The van der Waals surface area contributed by atoms with Crippen molar-refractivity contribution in [2.75, 3.05) is 21.3 Å². The molecule has 0 aliphatic carbocycles. The number of halogens is 1. The lowest BCUT2D eigenvalue weighted by Gasteiger charge is -2.20. The minimum Gasteiger partial charge on any atom is -0.496 e. The first-order valence-electron chi connectivity index (χ1n) is 6.82. The van der Waals surface area contributed by atoms with Crippen LogP contribution in [0.4, 0.5) is 4.39 Å². The van der Waals surface area contributed by atoms with E-state index in [1.54, 1.807) is 25.3 Å². The van der Waals surface area contributed by atoms with Crippen LogP contribution in [0.25, 0.3) is 0 Å². The first-order chi connectivity index (χ1) is 10.2. The lowest BCUT2D eigenvalue weighted by atomic mass is 9.97. The van der Waals surface area contributed by atoms with Gasteiger partial charge in [-0.25, -0.2) is 4.39 Å². The molecule has 0 amide bonds. The van der Waals surface area contributed by atoms with Gasteiger partial charge in [-0.2, -0.15) is 0 Å². The standard InChI is InChI=1S/C17H20FNO2/c1-19-14(13-8-4-5-9-15(13)20-2)11-12-7-6-10-16(21-3)17(12)18/h4-10,14,19H,11H2,1-3H3. The van der Waals surface area contributed by atoms with Crippen LogP contribution in [0.15, 0.2) is 42.5 Å². The van der Waals surface area contributed by atoms with E-state index in [4.69, 9.17) is 9.47 Å². The van der Waals surface area contributed by atoms with Crippen molar-refractivity contribution in [3.05, 3.63) is 59.4 Å². The molecular formula is C17H20FNO2. The normalized spacial score (nSPS) is 12.0. The Balaban J connectivity index is 2.31. The molecule has 0 saturated heterocycles. The van der Waals surface area contributed by atoms with Crippen LogP contribution >= 0.6 is 0 Å². The zero-order valence-corrected chi connectivity index (χ0v) is 12.5. The summed E-state index contributed by atoms with van der Waals surface area (Å²) in [6.07, 6.45) is 0.514. The zero-order chi connectivity index (χ0) is 15.2. The molecule has 0 heterocycles. The first kappa shape index (κ1) is 15.3. The molecule has 2 rings (SSSR count). The maximum Gasteiger partial charge on any atom is 0.168 e. The number of likely N-dealkylation sites (N-methyl/N-ethyl adjacent to an activating group) is 1. The van der Waals surface area contributed by atoms with Crippen molar-refractivity contribution >= 4 is 0 Å². The van der Waals surface area contributed by atoms with Gasteiger partial charge in [0.25, 0.3) is 0 Å². The third-order valence-electron chi connectivity index (χ3n) is 3.55. The smallest absolute Gasteiger partial charge is 0.168 e. The predicted octanol–water partition coefficient (Wildman–Crippen LogP) is 3.35. The number of rotatable bonds is 6. The van der Waals surface area contributed by atoms with Crippen LogP contribution in [-0.2, 0) is 6.42 Å². The summed E-state index contributed by atoms with van der Waals surface area (Å²) >= 11 is 0. The Bertz CT molecular complexity index is 601. The van der Waals surface area contributed by atoms with Gasteiger partial charge < -0.3 is 14.8 Å². The van der Waals surface area contributed by atoms with Crippen LogP contribution in [0, 0.1) is 5.82 Å². The van der Waals surface area contributed by atoms with Crippen molar-refractivity contribution in [1.82, 2.24) is 5.32 Å². The molecule has 0 saturated carbocycles. The molecule has 0 aliphatic heterocycles. The molecule has 4 heteroatoms. The second-order valence-electron chi connectivity index (χ2n) is 4.72. The molecule has 0 radical (unpaired) electrons. The maximum atomic E-state index is 14.3. The minimum absolute atomic E-state index is 0.0391. The fourth-order valence-electron chi connectivity index (χ4n) is 2.41. The molecule has 0 aromatic heterocycles. The van der Waals surface area contributed by atoms with E-state index in [9.17, 15) is 4.39 Å². The highest BCUT2D eigenvalue weighted by Crippen LogP contribution is 2.29. The van der Waals surface area contributed by atoms with Crippen molar-refractivity contribution < 1.29 is 13.9 Å². The van der Waals surface area contributed by atoms with Crippen LogP contribution < -0.4 is 14.8 Å². The van der Waals surface area contributed by atoms with Gasteiger partial charge in [0, 0.05) is 11.6 Å². The number of nitrogens with one attached hydrogen (secondary N) is 1. The van der Waals surface area contributed by atoms with Crippen molar-refractivity contribution in [3.63, 3.8) is 0 Å². The van der Waals surface area contributed by atoms with Gasteiger partial charge in [0.05, 0.1) is 14.2 Å². The SMILES string of the molecule is CNC(Cc1cccc(OC)c1F)c1ccccc1OC. The number of ether oxygens (including phenoxy) is 2. The summed E-state index contributed by atoms with van der Waals surface area (Å²) in [5.74, 6) is 0.748. The van der Waals surface area contributed by atoms with Gasteiger partial charge in [0.2, 0.25) is 0 Å². The molecule has 1 atom stereocenters. The van der Waals surface area contributed by atoms with E-state index in [2.05, 4.69) is 5.32 Å². The Morgan fingerprint density at radius 3 is 2.33 bits per heavy atom. The zero-order valence-electron chi connectivity index (χ0n) is 12.5. The van der Waals surface area contributed by atoms with E-state index in [0.717, 1.165) is 11.3 Å². The minimum atomic E-state index is -0.310. The van der Waals surface area contributed by atoms with Crippen molar-refractivity contribution in [3.8, 4) is 11.5 Å². The van der Waals surface area contributed by atoms with Crippen LogP contribution in [0.2, 0.25) is 0 Å². The highest BCUT2D eigenvalue weighted by molar-refractivity contribution is 5.38. The third-order valence-corrected chi connectivity index (χ3v) is 3.55. The van der Waals surface area contributed by atoms with Gasteiger partial charge in [-0.05, 0) is 31.2 Å². The third kappa shape index (κ3) is 3.34. The Morgan fingerprint density at radius 1 is 1.00 bits per heavy atom. The lowest BCUT2D eigenvalue weighted by molar-refractivity contribution is 0.381. The summed E-state index contributed by atoms with van der Waals surface area (Å²) in [7, 11) is 4.96. The van der Waals surface area contributed by atoms with Gasteiger partial charge in [-0.3, -0.25) is 0 Å². The Labute approximate surface area is 124 Å².